The van der Waals surface area contributed by atoms with E-state index in [-0.39, 0.29) is 47.2 Å². The normalized spacial score (nSPS) is 18.7. The first-order valence-electron chi connectivity index (χ1n) is 14.2. The largest absolute Gasteiger partial charge is 0.493 e. The second-order valence-electron chi connectivity index (χ2n) is 10.5. The number of carbonyl (C=O) groups is 2. The van der Waals surface area contributed by atoms with Crippen molar-refractivity contribution in [3.05, 3.63) is 64.2 Å². The number of benzene rings is 2. The van der Waals surface area contributed by atoms with Gasteiger partial charge in [-0.25, -0.2) is 0 Å². The summed E-state index contributed by atoms with van der Waals surface area (Å²) >= 11 is 6.36. The van der Waals surface area contributed by atoms with Crippen LogP contribution < -0.4 is 9.47 Å². The standard InChI is InChI=1S/C30H32ClF3N4O6/c1-4-43-25(40)14-17-10-12-37(13-11-17)24(39)16-23-28-35-36-29(30(32,33)34)38(28)21-9-8-18(31)15-20(21)26(44-23)19-6-5-7-22(41-2)27(19)42-3/h5-9,15,17,23,26H,4,10-14,16H2,1-3H3. The Bertz CT molecular complexity index is 1520. The van der Waals surface area contributed by atoms with E-state index in [0.717, 1.165) is 4.57 Å². The van der Waals surface area contributed by atoms with E-state index < -0.39 is 24.2 Å². The van der Waals surface area contributed by atoms with Crippen molar-refractivity contribution in [3.63, 3.8) is 0 Å². The van der Waals surface area contributed by atoms with Gasteiger partial charge < -0.3 is 23.8 Å². The zero-order valence-electron chi connectivity index (χ0n) is 24.4. The number of para-hydroxylation sites is 1. The molecule has 2 aliphatic heterocycles. The summed E-state index contributed by atoms with van der Waals surface area (Å²) in [5, 5.41) is 7.65. The maximum absolute atomic E-state index is 14.3. The van der Waals surface area contributed by atoms with E-state index in [0.29, 0.717) is 55.2 Å². The van der Waals surface area contributed by atoms with Crippen LogP contribution in [0, 0.1) is 5.92 Å². The summed E-state index contributed by atoms with van der Waals surface area (Å²) in [6.07, 6.45) is -5.94. The first kappa shape index (κ1) is 31.6. The van der Waals surface area contributed by atoms with Gasteiger partial charge in [-0.05, 0) is 49.9 Å². The number of aromatic nitrogens is 3. The van der Waals surface area contributed by atoms with Crippen LogP contribution in [0.1, 0.15) is 67.6 Å². The zero-order valence-corrected chi connectivity index (χ0v) is 25.2. The number of rotatable bonds is 8. The molecular formula is C30H32ClF3N4O6. The van der Waals surface area contributed by atoms with Crippen molar-refractivity contribution in [2.75, 3.05) is 33.9 Å². The smallest absolute Gasteiger partial charge is 0.452 e. The van der Waals surface area contributed by atoms with E-state index in [9.17, 15) is 22.8 Å². The van der Waals surface area contributed by atoms with Crippen LogP contribution in [0.5, 0.6) is 11.5 Å². The van der Waals surface area contributed by atoms with Gasteiger partial charge in [0.1, 0.15) is 12.2 Å². The van der Waals surface area contributed by atoms with Crippen LogP contribution in [0.2, 0.25) is 5.02 Å². The van der Waals surface area contributed by atoms with E-state index in [1.807, 2.05) is 0 Å². The van der Waals surface area contributed by atoms with Crippen LogP contribution in [0.25, 0.3) is 5.69 Å². The lowest BCUT2D eigenvalue weighted by Crippen LogP contribution is -2.39. The molecule has 0 spiro atoms. The number of carbonyl (C=O) groups excluding carboxylic acids is 2. The molecule has 44 heavy (non-hydrogen) atoms. The Morgan fingerprint density at radius 3 is 2.45 bits per heavy atom. The van der Waals surface area contributed by atoms with Crippen LogP contribution in [0.4, 0.5) is 13.2 Å². The lowest BCUT2D eigenvalue weighted by molar-refractivity contribution is -0.146. The molecule has 3 aromatic rings. The third-order valence-corrected chi connectivity index (χ3v) is 8.08. The number of hydrogen-bond acceptors (Lipinski definition) is 8. The first-order chi connectivity index (χ1) is 21.0. The molecule has 1 saturated heterocycles. The molecule has 2 unspecified atom stereocenters. The fourth-order valence-electron chi connectivity index (χ4n) is 5.79. The van der Waals surface area contributed by atoms with Crippen LogP contribution in [-0.4, -0.2) is 65.5 Å². The van der Waals surface area contributed by atoms with Crippen molar-refractivity contribution in [1.29, 1.82) is 0 Å². The minimum absolute atomic E-state index is 0.0776. The summed E-state index contributed by atoms with van der Waals surface area (Å²) in [6.45, 7) is 2.82. The molecule has 5 rings (SSSR count). The molecule has 0 N–H and O–H groups in total. The van der Waals surface area contributed by atoms with Crippen molar-refractivity contribution in [1.82, 2.24) is 19.7 Å². The van der Waals surface area contributed by atoms with Crippen molar-refractivity contribution in [2.45, 2.75) is 51.0 Å². The van der Waals surface area contributed by atoms with Crippen LogP contribution in [-0.2, 0) is 25.2 Å². The van der Waals surface area contributed by atoms with Gasteiger partial charge in [0.2, 0.25) is 11.7 Å². The molecule has 2 aromatic carbocycles. The fraction of sp³-hybridized carbons (Fsp3) is 0.467. The highest BCUT2D eigenvalue weighted by Crippen LogP contribution is 2.47. The highest BCUT2D eigenvalue weighted by atomic mass is 35.5. The highest BCUT2D eigenvalue weighted by Gasteiger charge is 2.44. The quantitative estimate of drug-likeness (QED) is 0.290. The number of alkyl halides is 3. The van der Waals surface area contributed by atoms with Gasteiger partial charge >= 0.3 is 12.1 Å². The number of likely N-dealkylation sites (tertiary alicyclic amines) is 1. The molecule has 3 heterocycles. The van der Waals surface area contributed by atoms with E-state index in [1.54, 1.807) is 30.0 Å². The molecule has 1 aromatic heterocycles. The predicted molar refractivity (Wildman–Crippen MR) is 152 cm³/mol. The summed E-state index contributed by atoms with van der Waals surface area (Å²) in [6, 6.07) is 9.53. The lowest BCUT2D eigenvalue weighted by atomic mass is 9.93. The Labute approximate surface area is 257 Å². The minimum Gasteiger partial charge on any atom is -0.493 e. The van der Waals surface area contributed by atoms with E-state index >= 15 is 0 Å². The maximum Gasteiger partial charge on any atom is 0.452 e. The van der Waals surface area contributed by atoms with E-state index in [1.165, 1.54) is 32.4 Å². The van der Waals surface area contributed by atoms with Gasteiger partial charge in [0.15, 0.2) is 17.3 Å². The summed E-state index contributed by atoms with van der Waals surface area (Å²) in [5.41, 5.74) is 0.858. The fourth-order valence-corrected chi connectivity index (χ4v) is 5.97. The number of esters is 1. The van der Waals surface area contributed by atoms with Gasteiger partial charge in [0.05, 0.1) is 32.9 Å². The van der Waals surface area contributed by atoms with Gasteiger partial charge in [-0.2, -0.15) is 13.2 Å². The number of hydrogen-bond donors (Lipinski definition) is 0. The monoisotopic (exact) mass is 636 g/mol. The Hall–Kier alpha value is -3.84. The van der Waals surface area contributed by atoms with Gasteiger partial charge in [-0.15, -0.1) is 10.2 Å². The summed E-state index contributed by atoms with van der Waals surface area (Å²) < 4.78 is 66.4. The average Bonchev–Trinajstić information content (AvgIpc) is 3.40. The molecule has 2 atom stereocenters. The molecule has 14 heteroatoms. The van der Waals surface area contributed by atoms with E-state index in [4.69, 9.17) is 30.5 Å². The summed E-state index contributed by atoms with van der Waals surface area (Å²) in [4.78, 5) is 27.2. The van der Waals surface area contributed by atoms with Gasteiger partial charge in [0.25, 0.3) is 0 Å². The minimum atomic E-state index is -4.86. The average molecular weight is 637 g/mol. The maximum atomic E-state index is 14.3. The molecule has 0 radical (unpaired) electrons. The van der Waals surface area contributed by atoms with Crippen LogP contribution in [0.15, 0.2) is 36.4 Å². The second-order valence-corrected chi connectivity index (χ2v) is 11.0. The predicted octanol–water partition coefficient (Wildman–Crippen LogP) is 5.70. The Kier molecular flexibility index (Phi) is 9.35. The summed E-state index contributed by atoms with van der Waals surface area (Å²) in [5.74, 6) is -1.25. The van der Waals surface area contributed by atoms with Crippen LogP contribution >= 0.6 is 11.6 Å². The van der Waals surface area contributed by atoms with Gasteiger partial charge in [0, 0.05) is 35.7 Å². The van der Waals surface area contributed by atoms with E-state index in [2.05, 4.69) is 10.2 Å². The number of amides is 1. The molecule has 0 aliphatic carbocycles. The SMILES string of the molecule is CCOC(=O)CC1CCN(C(=O)CC2OC(c3cccc(OC)c3OC)c3cc(Cl)ccc3-n3c2nnc3C(F)(F)F)CC1. The number of ether oxygens (including phenoxy) is 4. The second kappa shape index (κ2) is 13.0. The number of methoxy groups -OCH3 is 2. The molecular weight excluding hydrogens is 605 g/mol. The Balaban J connectivity index is 1.53. The third-order valence-electron chi connectivity index (χ3n) is 7.85. The zero-order chi connectivity index (χ0) is 31.6. The topological polar surface area (TPSA) is 105 Å². The van der Waals surface area contributed by atoms with Crippen molar-refractivity contribution in [3.8, 4) is 17.2 Å². The Morgan fingerprint density at radius 1 is 1.05 bits per heavy atom. The Morgan fingerprint density at radius 2 is 1.80 bits per heavy atom. The summed E-state index contributed by atoms with van der Waals surface area (Å²) in [7, 11) is 2.91. The molecule has 0 bridgehead atoms. The van der Waals surface area contributed by atoms with Crippen molar-refractivity contribution in [2.24, 2.45) is 5.92 Å². The molecule has 1 fully saturated rings. The molecule has 1 amide bonds. The lowest BCUT2D eigenvalue weighted by Gasteiger charge is -2.32. The molecule has 236 valence electrons. The molecule has 2 aliphatic rings. The molecule has 0 saturated carbocycles. The number of halogens is 4. The number of fused-ring (bicyclic) bond motifs is 3. The number of piperidine rings is 1. The van der Waals surface area contributed by atoms with Crippen LogP contribution in [0.3, 0.4) is 0 Å². The van der Waals surface area contributed by atoms with Crippen molar-refractivity contribution >= 4 is 23.5 Å². The number of nitrogens with zero attached hydrogens (tertiary/aromatic N) is 4. The van der Waals surface area contributed by atoms with Crippen molar-refractivity contribution < 1.29 is 41.7 Å². The van der Waals surface area contributed by atoms with Gasteiger partial charge in [-0.1, -0.05) is 23.7 Å². The highest BCUT2D eigenvalue weighted by molar-refractivity contribution is 6.30. The third kappa shape index (κ3) is 6.34. The van der Waals surface area contributed by atoms with Gasteiger partial charge in [-0.3, -0.25) is 14.2 Å². The molecule has 10 nitrogen and oxygen atoms in total. The first-order valence-corrected chi connectivity index (χ1v) is 14.6.